The zero-order chi connectivity index (χ0) is 16.6. The van der Waals surface area contributed by atoms with Crippen LogP contribution in [-0.2, 0) is 0 Å². The Labute approximate surface area is 131 Å². The van der Waals surface area contributed by atoms with E-state index in [4.69, 9.17) is 0 Å². The molecule has 0 atom stereocenters. The van der Waals surface area contributed by atoms with E-state index in [0.717, 1.165) is 23.3 Å². The Bertz CT molecular complexity index is 918. The number of nitrogens with zero attached hydrogens (tertiary/aromatic N) is 4. The van der Waals surface area contributed by atoms with Gasteiger partial charge in [0.2, 0.25) is 0 Å². The number of hydrogen-bond acceptors (Lipinski definition) is 3. The maximum atomic E-state index is 13.6. The summed E-state index contributed by atoms with van der Waals surface area (Å²) >= 11 is 0. The Morgan fingerprint density at radius 2 is 1.70 bits per heavy atom. The first kappa shape index (κ1) is 14.9. The van der Waals surface area contributed by atoms with E-state index in [1.165, 1.54) is 10.7 Å². The van der Waals surface area contributed by atoms with E-state index in [-0.39, 0.29) is 5.69 Å². The molecule has 0 N–H and O–H groups in total. The molecule has 0 aliphatic carbocycles. The molecule has 0 bridgehead atoms. The Morgan fingerprint density at radius 1 is 1.00 bits per heavy atom. The average Bonchev–Trinajstić information content (AvgIpc) is 2.93. The van der Waals surface area contributed by atoms with Crippen LogP contribution < -0.4 is 0 Å². The van der Waals surface area contributed by atoms with Gasteiger partial charge in [-0.3, -0.25) is 0 Å². The molecule has 0 saturated carbocycles. The molecule has 0 spiro atoms. The van der Waals surface area contributed by atoms with Crippen molar-refractivity contribution in [3.8, 4) is 23.0 Å². The number of rotatable bonds is 2. The van der Waals surface area contributed by atoms with Crippen LogP contribution in [0.5, 0.6) is 0 Å². The highest BCUT2D eigenvalue weighted by molar-refractivity contribution is 5.67. The van der Waals surface area contributed by atoms with Crippen molar-refractivity contribution in [1.82, 2.24) is 15.0 Å². The summed E-state index contributed by atoms with van der Waals surface area (Å²) in [6.07, 6.45) is 0. The fourth-order valence-electron chi connectivity index (χ4n) is 2.51. The van der Waals surface area contributed by atoms with Crippen LogP contribution in [0.15, 0.2) is 36.4 Å². The summed E-state index contributed by atoms with van der Waals surface area (Å²) in [5, 5.41) is 17.1. The Kier molecular flexibility index (Phi) is 3.62. The summed E-state index contributed by atoms with van der Waals surface area (Å²) in [7, 11) is 0. The molecule has 0 radical (unpaired) electrons. The van der Waals surface area contributed by atoms with E-state index < -0.39 is 11.6 Å². The third kappa shape index (κ3) is 2.69. The van der Waals surface area contributed by atoms with Gasteiger partial charge in [-0.2, -0.15) is 5.26 Å². The van der Waals surface area contributed by atoms with E-state index >= 15 is 0 Å². The second-order valence-electron chi connectivity index (χ2n) is 5.29. The van der Waals surface area contributed by atoms with Crippen molar-refractivity contribution in [1.29, 1.82) is 5.26 Å². The highest BCUT2D eigenvalue weighted by Gasteiger charge is 2.18. The van der Waals surface area contributed by atoms with Crippen molar-refractivity contribution in [2.24, 2.45) is 0 Å². The highest BCUT2D eigenvalue weighted by atomic mass is 19.2. The first-order chi connectivity index (χ1) is 11.0. The number of nitriles is 1. The van der Waals surface area contributed by atoms with Crippen LogP contribution in [0.2, 0.25) is 0 Å². The van der Waals surface area contributed by atoms with Crippen molar-refractivity contribution in [3.63, 3.8) is 0 Å². The molecule has 0 aliphatic rings. The van der Waals surface area contributed by atoms with Gasteiger partial charge in [0.25, 0.3) is 0 Å². The fourth-order valence-corrected chi connectivity index (χ4v) is 2.51. The number of hydrogen-bond donors (Lipinski definition) is 0. The van der Waals surface area contributed by atoms with Crippen molar-refractivity contribution in [3.05, 3.63) is 64.9 Å². The molecule has 23 heavy (non-hydrogen) atoms. The molecular formula is C17H12F2N4. The number of aromatic nitrogens is 3. The molecular weight excluding hydrogens is 298 g/mol. The summed E-state index contributed by atoms with van der Waals surface area (Å²) in [6, 6.07) is 11.2. The van der Waals surface area contributed by atoms with Crippen molar-refractivity contribution in [2.75, 3.05) is 0 Å². The van der Waals surface area contributed by atoms with Gasteiger partial charge in [0.05, 0.1) is 5.69 Å². The van der Waals surface area contributed by atoms with Crippen LogP contribution in [0, 0.1) is 36.8 Å². The molecule has 0 amide bonds. The molecule has 0 saturated heterocycles. The minimum absolute atomic E-state index is 0.0511. The monoisotopic (exact) mass is 310 g/mol. The number of benzene rings is 2. The second-order valence-corrected chi connectivity index (χ2v) is 5.29. The zero-order valence-corrected chi connectivity index (χ0v) is 12.5. The normalized spacial score (nSPS) is 10.6. The minimum atomic E-state index is -0.987. The van der Waals surface area contributed by atoms with E-state index in [1.54, 1.807) is 0 Å². The lowest BCUT2D eigenvalue weighted by molar-refractivity contribution is 0.509. The predicted molar refractivity (Wildman–Crippen MR) is 80.9 cm³/mol. The van der Waals surface area contributed by atoms with Gasteiger partial charge < -0.3 is 0 Å². The molecule has 3 rings (SSSR count). The van der Waals surface area contributed by atoms with Gasteiger partial charge in [-0.05, 0) is 55.3 Å². The Balaban J connectivity index is 2.26. The van der Waals surface area contributed by atoms with Gasteiger partial charge in [-0.15, -0.1) is 5.10 Å². The maximum Gasteiger partial charge on any atom is 0.191 e. The van der Waals surface area contributed by atoms with Gasteiger partial charge in [-0.1, -0.05) is 11.3 Å². The molecule has 0 fully saturated rings. The predicted octanol–water partition coefficient (Wildman–Crippen LogP) is 3.70. The number of aryl methyl sites for hydroxylation is 2. The molecule has 6 heteroatoms. The SMILES string of the molecule is Cc1cc(C)cc(-n2nnc(C#N)c2-c2ccc(F)c(F)c2)c1. The molecule has 114 valence electrons. The van der Waals surface area contributed by atoms with Crippen LogP contribution in [0.1, 0.15) is 16.8 Å². The summed E-state index contributed by atoms with van der Waals surface area (Å²) in [5.74, 6) is -1.93. The van der Waals surface area contributed by atoms with Crippen molar-refractivity contribution >= 4 is 0 Å². The lowest BCUT2D eigenvalue weighted by atomic mass is 10.1. The van der Waals surface area contributed by atoms with Crippen molar-refractivity contribution in [2.45, 2.75) is 13.8 Å². The summed E-state index contributed by atoms with van der Waals surface area (Å²) in [6.45, 7) is 3.88. The average molecular weight is 310 g/mol. The third-order valence-corrected chi connectivity index (χ3v) is 3.42. The molecule has 1 aromatic heterocycles. The van der Waals surface area contributed by atoms with Crippen LogP contribution in [0.3, 0.4) is 0 Å². The maximum absolute atomic E-state index is 13.6. The molecule has 4 nitrogen and oxygen atoms in total. The zero-order valence-electron chi connectivity index (χ0n) is 12.5. The molecule has 0 unspecified atom stereocenters. The molecule has 0 aliphatic heterocycles. The Morgan fingerprint density at radius 3 is 2.30 bits per heavy atom. The fraction of sp³-hybridized carbons (Fsp3) is 0.118. The largest absolute Gasteiger partial charge is 0.211 e. The summed E-state index contributed by atoms with van der Waals surface area (Å²) < 4.78 is 28.2. The third-order valence-electron chi connectivity index (χ3n) is 3.42. The van der Waals surface area contributed by atoms with Crippen LogP contribution in [-0.4, -0.2) is 15.0 Å². The van der Waals surface area contributed by atoms with Crippen LogP contribution >= 0.6 is 0 Å². The number of halogens is 2. The summed E-state index contributed by atoms with van der Waals surface area (Å²) in [5.41, 5.74) is 3.46. The lowest BCUT2D eigenvalue weighted by Gasteiger charge is -2.09. The van der Waals surface area contributed by atoms with Gasteiger partial charge in [0.15, 0.2) is 17.3 Å². The molecule has 1 heterocycles. The van der Waals surface area contributed by atoms with Crippen LogP contribution in [0.25, 0.3) is 16.9 Å². The summed E-state index contributed by atoms with van der Waals surface area (Å²) in [4.78, 5) is 0. The smallest absolute Gasteiger partial charge is 0.191 e. The molecule has 2 aromatic carbocycles. The lowest BCUT2D eigenvalue weighted by Crippen LogP contribution is -2.01. The van der Waals surface area contributed by atoms with E-state index in [9.17, 15) is 14.0 Å². The van der Waals surface area contributed by atoms with Gasteiger partial charge >= 0.3 is 0 Å². The molecule has 3 aromatic rings. The standard InChI is InChI=1S/C17H12F2N4/c1-10-5-11(2)7-13(6-10)23-17(16(9-20)21-22-23)12-3-4-14(18)15(19)8-12/h3-8H,1-2H3. The first-order valence-corrected chi connectivity index (χ1v) is 6.89. The highest BCUT2D eigenvalue weighted by Crippen LogP contribution is 2.27. The van der Waals surface area contributed by atoms with E-state index in [2.05, 4.69) is 10.3 Å². The van der Waals surface area contributed by atoms with Gasteiger partial charge in [0, 0.05) is 5.56 Å². The first-order valence-electron chi connectivity index (χ1n) is 6.89. The van der Waals surface area contributed by atoms with Crippen molar-refractivity contribution < 1.29 is 8.78 Å². The van der Waals surface area contributed by atoms with Gasteiger partial charge in [-0.25, -0.2) is 13.5 Å². The van der Waals surface area contributed by atoms with E-state index in [1.807, 2.05) is 38.1 Å². The van der Waals surface area contributed by atoms with Crippen LogP contribution in [0.4, 0.5) is 8.78 Å². The Hall–Kier alpha value is -3.07. The van der Waals surface area contributed by atoms with E-state index in [0.29, 0.717) is 16.9 Å². The quantitative estimate of drug-likeness (QED) is 0.725. The topological polar surface area (TPSA) is 54.5 Å². The minimum Gasteiger partial charge on any atom is -0.211 e. The second kappa shape index (κ2) is 5.61. The van der Waals surface area contributed by atoms with Gasteiger partial charge in [0.1, 0.15) is 11.8 Å².